The predicted octanol–water partition coefficient (Wildman–Crippen LogP) is 3.52. The molecule has 1 aliphatic rings. The average molecular weight is 254 g/mol. The van der Waals surface area contributed by atoms with Crippen LogP contribution in [0.5, 0.6) is 0 Å². The molecule has 1 fully saturated rings. The maximum atomic E-state index is 3.71. The van der Waals surface area contributed by atoms with Gasteiger partial charge >= 0.3 is 0 Å². The van der Waals surface area contributed by atoms with Crippen molar-refractivity contribution in [2.45, 2.75) is 78.9 Å². The largest absolute Gasteiger partial charge is 0.311 e. The molecule has 18 heavy (non-hydrogen) atoms. The molecular formula is C16H34N2. The molecule has 1 N–H and O–H groups in total. The number of piperazine rings is 1. The Morgan fingerprint density at radius 1 is 1.17 bits per heavy atom. The SMILES string of the molecule is CCC(C)CC(C)N1CC(CC)NCC1C(C)C. The van der Waals surface area contributed by atoms with Crippen molar-refractivity contribution in [2.75, 3.05) is 13.1 Å². The predicted molar refractivity (Wildman–Crippen MR) is 80.9 cm³/mol. The van der Waals surface area contributed by atoms with Crippen molar-refractivity contribution in [2.24, 2.45) is 11.8 Å². The fraction of sp³-hybridized carbons (Fsp3) is 1.00. The highest BCUT2D eigenvalue weighted by Gasteiger charge is 2.32. The van der Waals surface area contributed by atoms with Gasteiger partial charge in [-0.3, -0.25) is 4.90 Å². The van der Waals surface area contributed by atoms with Gasteiger partial charge in [0.25, 0.3) is 0 Å². The molecule has 0 aromatic carbocycles. The van der Waals surface area contributed by atoms with Gasteiger partial charge in [-0.1, -0.05) is 41.0 Å². The molecule has 0 radical (unpaired) electrons. The Morgan fingerprint density at radius 2 is 1.83 bits per heavy atom. The number of nitrogens with zero attached hydrogens (tertiary/aromatic N) is 1. The summed E-state index contributed by atoms with van der Waals surface area (Å²) in [5, 5.41) is 3.71. The van der Waals surface area contributed by atoms with E-state index >= 15 is 0 Å². The van der Waals surface area contributed by atoms with Gasteiger partial charge in [-0.25, -0.2) is 0 Å². The van der Waals surface area contributed by atoms with Crippen LogP contribution in [0.1, 0.15) is 60.8 Å². The third kappa shape index (κ3) is 4.24. The normalized spacial score (nSPS) is 29.5. The number of hydrogen-bond acceptors (Lipinski definition) is 2. The summed E-state index contributed by atoms with van der Waals surface area (Å²) in [4.78, 5) is 2.78. The molecule has 0 bridgehead atoms. The maximum Gasteiger partial charge on any atom is 0.0247 e. The van der Waals surface area contributed by atoms with Crippen molar-refractivity contribution in [3.8, 4) is 0 Å². The van der Waals surface area contributed by atoms with Gasteiger partial charge in [0.1, 0.15) is 0 Å². The molecule has 1 aliphatic heterocycles. The summed E-state index contributed by atoms with van der Waals surface area (Å²) in [6.07, 6.45) is 3.90. The zero-order valence-electron chi connectivity index (χ0n) is 13.4. The molecule has 0 aliphatic carbocycles. The molecule has 1 saturated heterocycles. The Morgan fingerprint density at radius 3 is 2.33 bits per heavy atom. The van der Waals surface area contributed by atoms with Crippen molar-refractivity contribution in [3.05, 3.63) is 0 Å². The average Bonchev–Trinajstić information content (AvgIpc) is 2.37. The Kier molecular flexibility index (Phi) is 6.65. The van der Waals surface area contributed by atoms with Gasteiger partial charge in [0.2, 0.25) is 0 Å². The first-order chi connectivity index (χ1) is 8.49. The van der Waals surface area contributed by atoms with E-state index in [0.29, 0.717) is 12.1 Å². The van der Waals surface area contributed by atoms with Crippen LogP contribution in [0.25, 0.3) is 0 Å². The number of nitrogens with one attached hydrogen (secondary N) is 1. The number of rotatable bonds is 6. The summed E-state index contributed by atoms with van der Waals surface area (Å²) in [7, 11) is 0. The molecule has 0 aromatic heterocycles. The van der Waals surface area contributed by atoms with E-state index in [1.54, 1.807) is 0 Å². The summed E-state index contributed by atoms with van der Waals surface area (Å²) in [6.45, 7) is 16.6. The van der Waals surface area contributed by atoms with Crippen molar-refractivity contribution in [1.29, 1.82) is 0 Å². The summed E-state index contributed by atoms with van der Waals surface area (Å²) >= 11 is 0. The van der Waals surface area contributed by atoms with E-state index in [1.165, 1.54) is 32.4 Å². The van der Waals surface area contributed by atoms with Crippen molar-refractivity contribution >= 4 is 0 Å². The van der Waals surface area contributed by atoms with Crippen LogP contribution in [-0.4, -0.2) is 36.1 Å². The number of hydrogen-bond donors (Lipinski definition) is 1. The Bertz CT molecular complexity index is 227. The van der Waals surface area contributed by atoms with Gasteiger partial charge in [-0.05, 0) is 31.6 Å². The van der Waals surface area contributed by atoms with Gasteiger partial charge in [0.15, 0.2) is 0 Å². The van der Waals surface area contributed by atoms with E-state index < -0.39 is 0 Å². The lowest BCUT2D eigenvalue weighted by Gasteiger charge is -2.46. The molecular weight excluding hydrogens is 220 g/mol. The van der Waals surface area contributed by atoms with Crippen LogP contribution in [0.3, 0.4) is 0 Å². The van der Waals surface area contributed by atoms with Crippen LogP contribution in [0.15, 0.2) is 0 Å². The molecule has 0 spiro atoms. The van der Waals surface area contributed by atoms with Gasteiger partial charge in [-0.2, -0.15) is 0 Å². The standard InChI is InChI=1S/C16H34N2/c1-7-13(5)9-14(6)18-11-15(8-2)17-10-16(18)12(3)4/h12-17H,7-11H2,1-6H3. The quantitative estimate of drug-likeness (QED) is 0.780. The van der Waals surface area contributed by atoms with E-state index in [4.69, 9.17) is 0 Å². The first-order valence-electron chi connectivity index (χ1n) is 7.98. The van der Waals surface area contributed by atoms with Crippen LogP contribution in [0.4, 0.5) is 0 Å². The van der Waals surface area contributed by atoms with Crippen LogP contribution < -0.4 is 5.32 Å². The Hall–Kier alpha value is -0.0800. The minimum Gasteiger partial charge on any atom is -0.311 e. The van der Waals surface area contributed by atoms with Crippen molar-refractivity contribution in [1.82, 2.24) is 10.2 Å². The maximum absolute atomic E-state index is 3.71. The smallest absolute Gasteiger partial charge is 0.0247 e. The van der Waals surface area contributed by atoms with Crippen LogP contribution in [0.2, 0.25) is 0 Å². The molecule has 4 unspecified atom stereocenters. The molecule has 2 nitrogen and oxygen atoms in total. The summed E-state index contributed by atoms with van der Waals surface area (Å²) in [5.41, 5.74) is 0. The first-order valence-corrected chi connectivity index (χ1v) is 7.98. The van der Waals surface area contributed by atoms with Gasteiger partial charge < -0.3 is 5.32 Å². The van der Waals surface area contributed by atoms with Crippen molar-refractivity contribution < 1.29 is 0 Å². The molecule has 4 atom stereocenters. The zero-order chi connectivity index (χ0) is 13.7. The zero-order valence-corrected chi connectivity index (χ0v) is 13.4. The van der Waals surface area contributed by atoms with Crippen molar-refractivity contribution in [3.63, 3.8) is 0 Å². The van der Waals surface area contributed by atoms with Crippen LogP contribution in [0, 0.1) is 11.8 Å². The second-order valence-corrected chi connectivity index (χ2v) is 6.62. The molecule has 0 amide bonds. The fourth-order valence-electron chi connectivity index (χ4n) is 3.14. The summed E-state index contributed by atoms with van der Waals surface area (Å²) in [6, 6.07) is 2.13. The van der Waals surface area contributed by atoms with E-state index in [-0.39, 0.29) is 0 Å². The lowest BCUT2D eigenvalue weighted by molar-refractivity contribution is 0.0519. The highest BCUT2D eigenvalue weighted by molar-refractivity contribution is 4.90. The van der Waals surface area contributed by atoms with E-state index in [0.717, 1.165) is 17.9 Å². The van der Waals surface area contributed by atoms with Gasteiger partial charge in [0.05, 0.1) is 0 Å². The molecule has 1 heterocycles. The lowest BCUT2D eigenvalue weighted by atomic mass is 9.92. The second-order valence-electron chi connectivity index (χ2n) is 6.62. The third-order valence-corrected chi connectivity index (χ3v) is 4.74. The Labute approximate surface area is 115 Å². The van der Waals surface area contributed by atoms with Gasteiger partial charge in [-0.15, -0.1) is 0 Å². The van der Waals surface area contributed by atoms with Crippen LogP contribution >= 0.6 is 0 Å². The fourth-order valence-corrected chi connectivity index (χ4v) is 3.14. The molecule has 1 rings (SSSR count). The first kappa shape index (κ1) is 16.0. The molecule has 0 aromatic rings. The molecule has 108 valence electrons. The van der Waals surface area contributed by atoms with Crippen LogP contribution in [-0.2, 0) is 0 Å². The molecule has 2 heteroatoms. The highest BCUT2D eigenvalue weighted by atomic mass is 15.3. The van der Waals surface area contributed by atoms with E-state index in [9.17, 15) is 0 Å². The van der Waals surface area contributed by atoms with Gasteiger partial charge in [0, 0.05) is 31.2 Å². The van der Waals surface area contributed by atoms with E-state index in [1.807, 2.05) is 0 Å². The Balaban J connectivity index is 2.65. The van der Waals surface area contributed by atoms with E-state index in [2.05, 4.69) is 51.8 Å². The monoisotopic (exact) mass is 254 g/mol. The third-order valence-electron chi connectivity index (χ3n) is 4.74. The molecule has 0 saturated carbocycles. The topological polar surface area (TPSA) is 15.3 Å². The lowest BCUT2D eigenvalue weighted by Crippen LogP contribution is -2.60. The second kappa shape index (κ2) is 7.49. The highest BCUT2D eigenvalue weighted by Crippen LogP contribution is 2.23. The summed E-state index contributed by atoms with van der Waals surface area (Å²) in [5.74, 6) is 1.59. The minimum atomic E-state index is 0.694. The summed E-state index contributed by atoms with van der Waals surface area (Å²) < 4.78 is 0. The minimum absolute atomic E-state index is 0.694.